The molecule has 0 unspecified atom stereocenters. The average molecular weight is 485 g/mol. The van der Waals surface area contributed by atoms with Crippen molar-refractivity contribution in [3.63, 3.8) is 0 Å². The molecule has 3 aromatic carbocycles. The molecular formula is C30H32N2O2S. The number of rotatable bonds is 7. The number of aromatic hydroxyl groups is 1. The standard InChI is InChI=1S/C30H32N2O2S/c1-19-4-10-25(21(3)16-19)29(31)30-28(26-11-7-23(33)17-27(26)35-30)22-5-8-24(9-6-22)34-15-14-32-13-12-20(2)18-32/h4-11,16-17,20,31,33H,12-15,18H2,1-3H3/t20-/m0/s1. The summed E-state index contributed by atoms with van der Waals surface area (Å²) in [6.07, 6.45) is 1.28. The fourth-order valence-corrected chi connectivity index (χ4v) is 6.23. The predicted octanol–water partition coefficient (Wildman–Crippen LogP) is 7.03. The van der Waals surface area contributed by atoms with Gasteiger partial charge in [-0.15, -0.1) is 11.3 Å². The molecule has 0 saturated carbocycles. The monoisotopic (exact) mass is 484 g/mol. The second kappa shape index (κ2) is 9.84. The third-order valence-corrected chi connectivity index (χ3v) is 8.05. The van der Waals surface area contributed by atoms with Gasteiger partial charge in [-0.2, -0.15) is 0 Å². The molecular weight excluding hydrogens is 452 g/mol. The van der Waals surface area contributed by atoms with Crippen LogP contribution in [0.15, 0.2) is 60.7 Å². The van der Waals surface area contributed by atoms with E-state index >= 15 is 0 Å². The van der Waals surface area contributed by atoms with Crippen molar-refractivity contribution in [3.8, 4) is 22.6 Å². The summed E-state index contributed by atoms with van der Waals surface area (Å²) in [5.41, 5.74) is 5.81. The van der Waals surface area contributed by atoms with Crippen LogP contribution in [0.2, 0.25) is 0 Å². The molecule has 2 heterocycles. The Morgan fingerprint density at radius 2 is 1.89 bits per heavy atom. The molecule has 4 nitrogen and oxygen atoms in total. The molecule has 35 heavy (non-hydrogen) atoms. The minimum Gasteiger partial charge on any atom is -0.508 e. The summed E-state index contributed by atoms with van der Waals surface area (Å²) in [5.74, 6) is 1.89. The number of phenols is 1. The van der Waals surface area contributed by atoms with Gasteiger partial charge >= 0.3 is 0 Å². The zero-order valence-corrected chi connectivity index (χ0v) is 21.4. The summed E-state index contributed by atoms with van der Waals surface area (Å²) in [5, 5.41) is 20.2. The van der Waals surface area contributed by atoms with Crippen molar-refractivity contribution in [3.05, 3.63) is 82.2 Å². The van der Waals surface area contributed by atoms with Gasteiger partial charge in [0.05, 0.1) is 10.6 Å². The Kier molecular flexibility index (Phi) is 6.63. The lowest BCUT2D eigenvalue weighted by Gasteiger charge is -2.16. The number of likely N-dealkylation sites (tertiary alicyclic amines) is 1. The Morgan fingerprint density at radius 1 is 1.09 bits per heavy atom. The van der Waals surface area contributed by atoms with Crippen LogP contribution in [0.1, 0.15) is 34.9 Å². The van der Waals surface area contributed by atoms with E-state index in [1.54, 1.807) is 23.5 Å². The number of thiophene rings is 1. The van der Waals surface area contributed by atoms with E-state index in [0.717, 1.165) is 62.0 Å². The molecule has 1 saturated heterocycles. The van der Waals surface area contributed by atoms with E-state index in [0.29, 0.717) is 12.3 Å². The lowest BCUT2D eigenvalue weighted by Crippen LogP contribution is -2.25. The van der Waals surface area contributed by atoms with E-state index in [1.807, 2.05) is 24.3 Å². The zero-order chi connectivity index (χ0) is 24.5. The van der Waals surface area contributed by atoms with E-state index in [9.17, 15) is 5.11 Å². The summed E-state index contributed by atoms with van der Waals surface area (Å²) in [6, 6.07) is 19.9. The number of phenolic OH excluding ortho intramolecular Hbond substituents is 1. The molecule has 1 aliphatic rings. The Morgan fingerprint density at radius 3 is 2.60 bits per heavy atom. The van der Waals surface area contributed by atoms with Gasteiger partial charge in [-0.25, -0.2) is 0 Å². The van der Waals surface area contributed by atoms with Crippen LogP contribution in [0.25, 0.3) is 21.2 Å². The first-order chi connectivity index (χ1) is 16.9. The van der Waals surface area contributed by atoms with Gasteiger partial charge in [0.15, 0.2) is 0 Å². The van der Waals surface area contributed by atoms with Crippen molar-refractivity contribution in [1.82, 2.24) is 4.90 Å². The Labute approximate surface area is 211 Å². The number of hydrogen-bond donors (Lipinski definition) is 2. The van der Waals surface area contributed by atoms with E-state index in [4.69, 9.17) is 10.1 Å². The molecule has 1 fully saturated rings. The minimum atomic E-state index is 0.242. The number of nitrogens with zero attached hydrogens (tertiary/aromatic N) is 1. The Balaban J connectivity index is 1.44. The first kappa shape index (κ1) is 23.6. The van der Waals surface area contributed by atoms with E-state index in [1.165, 1.54) is 18.5 Å². The second-order valence-corrected chi connectivity index (χ2v) is 10.8. The normalized spacial score (nSPS) is 16.1. The van der Waals surface area contributed by atoms with E-state index < -0.39 is 0 Å². The number of ether oxygens (including phenoxy) is 1. The molecule has 0 aliphatic carbocycles. The smallest absolute Gasteiger partial charge is 0.119 e. The van der Waals surface area contributed by atoms with E-state index in [2.05, 4.69) is 49.9 Å². The van der Waals surface area contributed by atoms with Crippen LogP contribution in [0.3, 0.4) is 0 Å². The first-order valence-corrected chi connectivity index (χ1v) is 13.1. The van der Waals surface area contributed by atoms with Crippen molar-refractivity contribution in [1.29, 1.82) is 5.41 Å². The van der Waals surface area contributed by atoms with Gasteiger partial charge in [0, 0.05) is 34.3 Å². The average Bonchev–Trinajstić information content (AvgIpc) is 3.42. The highest BCUT2D eigenvalue weighted by Crippen LogP contribution is 2.42. The number of hydrogen-bond acceptors (Lipinski definition) is 5. The molecule has 0 bridgehead atoms. The lowest BCUT2D eigenvalue weighted by atomic mass is 9.95. The number of fused-ring (bicyclic) bond motifs is 1. The Hall–Kier alpha value is -3.15. The van der Waals surface area contributed by atoms with Crippen LogP contribution < -0.4 is 4.74 Å². The van der Waals surface area contributed by atoms with Gasteiger partial charge in [-0.05, 0) is 74.2 Å². The summed E-state index contributed by atoms with van der Waals surface area (Å²) in [4.78, 5) is 3.38. The summed E-state index contributed by atoms with van der Waals surface area (Å²) < 4.78 is 7.01. The second-order valence-electron chi connectivity index (χ2n) is 9.75. The molecule has 180 valence electrons. The molecule has 4 aromatic rings. The topological polar surface area (TPSA) is 56.6 Å². The third-order valence-electron chi connectivity index (χ3n) is 6.88. The van der Waals surface area contributed by atoms with Crippen molar-refractivity contribution in [2.75, 3.05) is 26.2 Å². The van der Waals surface area contributed by atoms with Crippen LogP contribution in [0.4, 0.5) is 0 Å². The molecule has 1 atom stereocenters. The molecule has 5 rings (SSSR count). The summed E-state index contributed by atoms with van der Waals surface area (Å²) in [6.45, 7) is 10.4. The summed E-state index contributed by atoms with van der Waals surface area (Å²) >= 11 is 1.56. The van der Waals surface area contributed by atoms with Crippen LogP contribution in [-0.4, -0.2) is 42.0 Å². The molecule has 0 radical (unpaired) electrons. The molecule has 1 aromatic heterocycles. The van der Waals surface area contributed by atoms with Crippen LogP contribution in [0, 0.1) is 25.2 Å². The maximum atomic E-state index is 10.1. The highest BCUT2D eigenvalue weighted by atomic mass is 32.1. The quantitative estimate of drug-likeness (QED) is 0.277. The lowest BCUT2D eigenvalue weighted by molar-refractivity contribution is 0.234. The molecule has 0 spiro atoms. The minimum absolute atomic E-state index is 0.242. The van der Waals surface area contributed by atoms with Gasteiger partial charge in [-0.3, -0.25) is 10.3 Å². The molecule has 5 heteroatoms. The third kappa shape index (κ3) is 4.97. The highest BCUT2D eigenvalue weighted by Gasteiger charge is 2.21. The summed E-state index contributed by atoms with van der Waals surface area (Å²) in [7, 11) is 0. The predicted molar refractivity (Wildman–Crippen MR) is 146 cm³/mol. The SMILES string of the molecule is Cc1ccc(C(=N)c2sc3cc(O)ccc3c2-c2ccc(OCCN3CC[C@H](C)C3)cc2)c(C)c1. The number of nitrogens with one attached hydrogen (secondary N) is 1. The van der Waals surface area contributed by atoms with Crippen LogP contribution in [-0.2, 0) is 0 Å². The van der Waals surface area contributed by atoms with Gasteiger partial charge in [-0.1, -0.05) is 42.8 Å². The fourth-order valence-electron chi connectivity index (χ4n) is 5.00. The fraction of sp³-hybridized carbons (Fsp3) is 0.300. The molecule has 2 N–H and O–H groups in total. The number of aryl methyl sites for hydroxylation is 2. The highest BCUT2D eigenvalue weighted by molar-refractivity contribution is 7.21. The van der Waals surface area contributed by atoms with Gasteiger partial charge in [0.2, 0.25) is 0 Å². The van der Waals surface area contributed by atoms with E-state index in [-0.39, 0.29) is 5.75 Å². The maximum absolute atomic E-state index is 10.1. The number of benzene rings is 3. The first-order valence-electron chi connectivity index (χ1n) is 12.3. The van der Waals surface area contributed by atoms with Crippen molar-refractivity contribution in [2.45, 2.75) is 27.2 Å². The van der Waals surface area contributed by atoms with Crippen molar-refractivity contribution in [2.24, 2.45) is 5.92 Å². The van der Waals surface area contributed by atoms with Gasteiger partial charge in [0.1, 0.15) is 18.1 Å². The van der Waals surface area contributed by atoms with Crippen molar-refractivity contribution < 1.29 is 9.84 Å². The van der Waals surface area contributed by atoms with Crippen LogP contribution >= 0.6 is 11.3 Å². The van der Waals surface area contributed by atoms with Crippen LogP contribution in [0.5, 0.6) is 11.5 Å². The zero-order valence-electron chi connectivity index (χ0n) is 20.6. The molecule has 0 amide bonds. The Bertz CT molecular complexity index is 1370. The largest absolute Gasteiger partial charge is 0.508 e. The van der Waals surface area contributed by atoms with Gasteiger partial charge < -0.3 is 9.84 Å². The molecule has 1 aliphatic heterocycles. The van der Waals surface area contributed by atoms with Gasteiger partial charge in [0.25, 0.3) is 0 Å². The maximum Gasteiger partial charge on any atom is 0.119 e. The van der Waals surface area contributed by atoms with Crippen molar-refractivity contribution >= 4 is 27.1 Å².